The number of anilines is 1. The lowest BCUT2D eigenvalue weighted by Gasteiger charge is -2.32. The summed E-state index contributed by atoms with van der Waals surface area (Å²) >= 11 is 8.36. The number of amides is 3. The number of nitrogens with one attached hydrogen (secondary N) is 1. The second kappa shape index (κ2) is 10.5. The predicted octanol–water partition coefficient (Wildman–Crippen LogP) is 3.98. The summed E-state index contributed by atoms with van der Waals surface area (Å²) in [6.45, 7) is 0.172. The van der Waals surface area contributed by atoms with Gasteiger partial charge in [0.1, 0.15) is 10.9 Å². The van der Waals surface area contributed by atoms with Crippen LogP contribution in [0.5, 0.6) is 0 Å². The van der Waals surface area contributed by atoms with Gasteiger partial charge >= 0.3 is 0 Å². The van der Waals surface area contributed by atoms with E-state index in [2.05, 4.69) is 9.69 Å². The van der Waals surface area contributed by atoms with Crippen LogP contribution >= 0.6 is 34.5 Å². The number of hydrogen-bond acceptors (Lipinski definition) is 7. The molecule has 0 bridgehead atoms. The van der Waals surface area contributed by atoms with Crippen LogP contribution in [0.15, 0.2) is 41.8 Å². The molecule has 34 heavy (non-hydrogen) atoms. The average molecular weight is 518 g/mol. The maximum Gasteiger partial charge on any atom is 0.270 e. The molecule has 3 aromatic rings. The molecule has 0 aliphatic heterocycles. The summed E-state index contributed by atoms with van der Waals surface area (Å²) < 4.78 is 3.97. The summed E-state index contributed by atoms with van der Waals surface area (Å²) in [6.07, 6.45) is 3.92. The molecule has 4 rings (SSSR count). The lowest BCUT2D eigenvalue weighted by atomic mass is 10.0. The second-order valence-corrected chi connectivity index (χ2v) is 10.3. The summed E-state index contributed by atoms with van der Waals surface area (Å²) in [7, 11) is 0. The minimum Gasteiger partial charge on any atom is -0.395 e. The minimum absolute atomic E-state index is 0.0657. The Morgan fingerprint density at radius 1 is 1.18 bits per heavy atom. The SMILES string of the molecule is NC(=O)c1nsc(C(=O)N(Cc2cccs2)[C@H](C(=O)NC2CCCC2)c2ccc(Cl)cc2)c1N. The monoisotopic (exact) mass is 517 g/mol. The fourth-order valence-electron chi connectivity index (χ4n) is 4.08. The summed E-state index contributed by atoms with van der Waals surface area (Å²) in [6, 6.07) is 9.75. The van der Waals surface area contributed by atoms with E-state index in [1.807, 2.05) is 17.5 Å². The number of carbonyl (C=O) groups is 3. The van der Waals surface area contributed by atoms with E-state index in [4.69, 9.17) is 23.1 Å². The topological polar surface area (TPSA) is 131 Å². The number of carbonyl (C=O) groups excluding carboxylic acids is 3. The second-order valence-electron chi connectivity index (χ2n) is 8.09. The van der Waals surface area contributed by atoms with Crippen LogP contribution in [0, 0.1) is 0 Å². The average Bonchev–Trinajstić information content (AvgIpc) is 3.57. The lowest BCUT2D eigenvalue weighted by molar-refractivity contribution is -0.126. The van der Waals surface area contributed by atoms with E-state index in [0.29, 0.717) is 10.6 Å². The van der Waals surface area contributed by atoms with Crippen LogP contribution in [-0.2, 0) is 11.3 Å². The molecule has 2 aromatic heterocycles. The van der Waals surface area contributed by atoms with Gasteiger partial charge in [0.25, 0.3) is 11.8 Å². The highest BCUT2D eigenvalue weighted by molar-refractivity contribution is 7.10. The predicted molar refractivity (Wildman–Crippen MR) is 134 cm³/mol. The molecule has 1 aliphatic carbocycles. The van der Waals surface area contributed by atoms with Crippen LogP contribution in [0.4, 0.5) is 5.69 Å². The van der Waals surface area contributed by atoms with Gasteiger partial charge in [-0.25, -0.2) is 0 Å². The third-order valence-corrected chi connectivity index (χ3v) is 7.73. The number of nitrogens with two attached hydrogens (primary N) is 2. The van der Waals surface area contributed by atoms with Crippen LogP contribution in [0.2, 0.25) is 5.02 Å². The normalized spacial score (nSPS) is 14.6. The Bertz CT molecular complexity index is 1170. The van der Waals surface area contributed by atoms with E-state index in [1.165, 1.54) is 16.2 Å². The third-order valence-electron chi connectivity index (χ3n) is 5.77. The molecule has 1 fully saturated rings. The number of hydrogen-bond donors (Lipinski definition) is 3. The van der Waals surface area contributed by atoms with Crippen molar-refractivity contribution in [3.63, 3.8) is 0 Å². The van der Waals surface area contributed by atoms with Crippen LogP contribution in [0.1, 0.15) is 62.3 Å². The molecule has 8 nitrogen and oxygen atoms in total. The highest BCUT2D eigenvalue weighted by Crippen LogP contribution is 2.32. The van der Waals surface area contributed by atoms with Gasteiger partial charge in [0, 0.05) is 15.9 Å². The van der Waals surface area contributed by atoms with Crippen LogP contribution < -0.4 is 16.8 Å². The van der Waals surface area contributed by atoms with Gasteiger partial charge < -0.3 is 21.7 Å². The largest absolute Gasteiger partial charge is 0.395 e. The highest BCUT2D eigenvalue weighted by Gasteiger charge is 2.36. The van der Waals surface area contributed by atoms with E-state index < -0.39 is 17.9 Å². The Kier molecular flexibility index (Phi) is 7.50. The fourth-order valence-corrected chi connectivity index (χ4v) is 5.67. The van der Waals surface area contributed by atoms with Gasteiger partial charge in [-0.15, -0.1) is 11.3 Å². The van der Waals surface area contributed by atoms with Gasteiger partial charge in [-0.3, -0.25) is 14.4 Å². The molecule has 1 aromatic carbocycles. The number of rotatable bonds is 8. The molecule has 11 heteroatoms. The number of primary amides is 1. The van der Waals surface area contributed by atoms with Crippen molar-refractivity contribution in [2.45, 2.75) is 44.3 Å². The van der Waals surface area contributed by atoms with Crippen LogP contribution in [0.3, 0.4) is 0 Å². The summed E-state index contributed by atoms with van der Waals surface area (Å²) in [4.78, 5) is 41.5. The first-order valence-electron chi connectivity index (χ1n) is 10.8. The Hall–Kier alpha value is -2.95. The molecule has 1 saturated carbocycles. The number of aromatic nitrogens is 1. The van der Waals surface area contributed by atoms with Crippen molar-refractivity contribution in [1.82, 2.24) is 14.6 Å². The van der Waals surface area contributed by atoms with Gasteiger partial charge in [0.2, 0.25) is 5.91 Å². The van der Waals surface area contributed by atoms with E-state index in [-0.39, 0.29) is 34.8 Å². The lowest BCUT2D eigenvalue weighted by Crippen LogP contribution is -2.45. The van der Waals surface area contributed by atoms with Crippen LogP contribution in [-0.4, -0.2) is 33.0 Å². The van der Waals surface area contributed by atoms with Crippen molar-refractivity contribution in [3.8, 4) is 0 Å². The van der Waals surface area contributed by atoms with Crippen molar-refractivity contribution in [3.05, 3.63) is 67.8 Å². The molecule has 0 radical (unpaired) electrons. The van der Waals surface area contributed by atoms with Gasteiger partial charge in [0.15, 0.2) is 5.69 Å². The zero-order chi connectivity index (χ0) is 24.2. The van der Waals surface area contributed by atoms with E-state index in [9.17, 15) is 14.4 Å². The van der Waals surface area contributed by atoms with Crippen LogP contribution in [0.25, 0.3) is 0 Å². The zero-order valence-corrected chi connectivity index (χ0v) is 20.6. The van der Waals surface area contributed by atoms with Crippen molar-refractivity contribution in [2.24, 2.45) is 5.73 Å². The molecule has 1 aliphatic rings. The van der Waals surface area contributed by atoms with Gasteiger partial charge in [-0.05, 0) is 53.5 Å². The van der Waals surface area contributed by atoms with Gasteiger partial charge in [-0.1, -0.05) is 42.6 Å². The summed E-state index contributed by atoms with van der Waals surface area (Å²) in [5.41, 5.74) is 11.8. The number of benzene rings is 1. The number of nitrogens with zero attached hydrogens (tertiary/aromatic N) is 2. The first-order chi connectivity index (χ1) is 16.3. The quantitative estimate of drug-likeness (QED) is 0.416. The molecule has 5 N–H and O–H groups in total. The first-order valence-corrected chi connectivity index (χ1v) is 12.8. The molecule has 178 valence electrons. The van der Waals surface area contributed by atoms with E-state index >= 15 is 0 Å². The number of halogens is 1. The molecule has 2 heterocycles. The van der Waals surface area contributed by atoms with Crippen molar-refractivity contribution in [1.29, 1.82) is 0 Å². The molecule has 3 amide bonds. The third kappa shape index (κ3) is 5.24. The zero-order valence-electron chi connectivity index (χ0n) is 18.2. The Balaban J connectivity index is 1.76. The maximum atomic E-state index is 13.8. The Morgan fingerprint density at radius 3 is 2.47 bits per heavy atom. The summed E-state index contributed by atoms with van der Waals surface area (Å²) in [5, 5.41) is 5.54. The molecule has 0 spiro atoms. The molecular weight excluding hydrogens is 494 g/mol. The molecule has 0 unspecified atom stereocenters. The van der Waals surface area contributed by atoms with Crippen molar-refractivity contribution >= 4 is 57.9 Å². The van der Waals surface area contributed by atoms with Gasteiger partial charge in [0.05, 0.1) is 12.2 Å². The van der Waals surface area contributed by atoms with Gasteiger partial charge in [-0.2, -0.15) is 4.37 Å². The van der Waals surface area contributed by atoms with E-state index in [1.54, 1.807) is 24.3 Å². The molecule has 1 atom stereocenters. The molecule has 0 saturated heterocycles. The highest BCUT2D eigenvalue weighted by atomic mass is 35.5. The van der Waals surface area contributed by atoms with E-state index in [0.717, 1.165) is 42.1 Å². The van der Waals surface area contributed by atoms with Crippen molar-refractivity contribution in [2.75, 3.05) is 5.73 Å². The number of nitrogen functional groups attached to an aromatic ring is 1. The Morgan fingerprint density at radius 2 is 1.88 bits per heavy atom. The smallest absolute Gasteiger partial charge is 0.270 e. The fraction of sp³-hybridized carbons (Fsp3) is 0.304. The number of thiophene rings is 1. The first kappa shape index (κ1) is 24.2. The minimum atomic E-state index is -0.939. The standard InChI is InChI=1S/C23H24ClN5O3S2/c24-14-9-7-13(8-10-14)19(22(31)27-15-4-1-2-5-15)29(12-16-6-3-11-33-16)23(32)20-17(25)18(21(26)30)28-34-20/h3,6-11,15,19H,1-2,4-5,12,25H2,(H2,26,30)(H,27,31)/t19-/m0/s1. The van der Waals surface area contributed by atoms with Crippen molar-refractivity contribution < 1.29 is 14.4 Å². The Labute approximate surface area is 210 Å². The molecular formula is C23H24ClN5O3S2. The maximum absolute atomic E-state index is 13.8. The summed E-state index contributed by atoms with van der Waals surface area (Å²) in [5.74, 6) is -1.60.